The van der Waals surface area contributed by atoms with Gasteiger partial charge in [0.25, 0.3) is 0 Å². The molecule has 1 fully saturated rings. The average molecular weight is 543 g/mol. The van der Waals surface area contributed by atoms with Crippen LogP contribution in [0.2, 0.25) is 0 Å². The maximum absolute atomic E-state index is 12.6. The molecular weight excluding hydrogens is 496 g/mol. The van der Waals surface area contributed by atoms with Crippen LogP contribution in [-0.2, 0) is 21.2 Å². The Hall–Kier alpha value is -2.29. The van der Waals surface area contributed by atoms with Crippen molar-refractivity contribution in [3.05, 3.63) is 54.2 Å². The quantitative estimate of drug-likeness (QED) is 0.355. The minimum absolute atomic E-state index is 0.0169. The van der Waals surface area contributed by atoms with Gasteiger partial charge in [-0.15, -0.1) is 0 Å². The van der Waals surface area contributed by atoms with Crippen molar-refractivity contribution in [3.8, 4) is 11.3 Å². The number of amides is 1. The fourth-order valence-electron chi connectivity index (χ4n) is 4.84. The van der Waals surface area contributed by atoms with Gasteiger partial charge in [-0.1, -0.05) is 37.3 Å². The number of pyridine rings is 1. The second-order valence-corrected chi connectivity index (χ2v) is 13.8. The minimum Gasteiger partial charge on any atom is -0.356 e. The van der Waals surface area contributed by atoms with Gasteiger partial charge in [-0.25, -0.2) is 13.1 Å². The van der Waals surface area contributed by atoms with Gasteiger partial charge in [0.1, 0.15) is 0 Å². The van der Waals surface area contributed by atoms with Crippen molar-refractivity contribution in [1.82, 2.24) is 19.9 Å². The second kappa shape index (κ2) is 14.2. The molecule has 1 aromatic heterocycles. The number of benzene rings is 1. The van der Waals surface area contributed by atoms with Crippen LogP contribution in [0.5, 0.6) is 0 Å². The van der Waals surface area contributed by atoms with Crippen LogP contribution in [0.1, 0.15) is 71.8 Å². The lowest BCUT2D eigenvalue weighted by Gasteiger charge is -2.30. The van der Waals surface area contributed by atoms with Crippen molar-refractivity contribution >= 4 is 15.9 Å². The molecule has 2 aromatic rings. The van der Waals surface area contributed by atoms with Crippen molar-refractivity contribution in [2.45, 2.75) is 83.4 Å². The molecule has 1 saturated carbocycles. The Morgan fingerprint density at radius 1 is 1.00 bits per heavy atom. The zero-order chi connectivity index (χ0) is 27.6. The van der Waals surface area contributed by atoms with Gasteiger partial charge >= 0.3 is 0 Å². The number of aryl methyl sites for hydroxylation is 1. The van der Waals surface area contributed by atoms with E-state index in [1.165, 1.54) is 5.56 Å². The van der Waals surface area contributed by atoms with E-state index in [2.05, 4.69) is 51.1 Å². The average Bonchev–Trinajstić information content (AvgIpc) is 2.90. The molecule has 0 unspecified atom stereocenters. The first-order valence-corrected chi connectivity index (χ1v) is 15.6. The lowest BCUT2D eigenvalue weighted by Crippen LogP contribution is -2.46. The topological polar surface area (TPSA) is 91.4 Å². The molecule has 0 atom stereocenters. The number of rotatable bonds is 13. The monoisotopic (exact) mass is 542 g/mol. The normalized spacial score (nSPS) is 18.4. The van der Waals surface area contributed by atoms with Gasteiger partial charge in [0.2, 0.25) is 15.9 Å². The van der Waals surface area contributed by atoms with E-state index >= 15 is 0 Å². The van der Waals surface area contributed by atoms with Crippen LogP contribution in [0.3, 0.4) is 0 Å². The molecule has 1 heterocycles. The molecule has 1 aliphatic carbocycles. The first-order valence-electron chi connectivity index (χ1n) is 14.1. The Kier molecular flexibility index (Phi) is 11.3. The number of carbonyl (C=O) groups excluding carboxylic acids is 1. The summed E-state index contributed by atoms with van der Waals surface area (Å²) in [5, 5.41) is 3.11. The van der Waals surface area contributed by atoms with Crippen LogP contribution in [0, 0.1) is 5.92 Å². The summed E-state index contributed by atoms with van der Waals surface area (Å²) in [5.74, 6) is 0.0936. The number of nitrogens with one attached hydrogen (secondary N) is 2. The Balaban J connectivity index is 1.29. The molecule has 0 aliphatic heterocycles. The molecule has 1 aromatic carbocycles. The van der Waals surface area contributed by atoms with Crippen LogP contribution in [0.4, 0.5) is 0 Å². The van der Waals surface area contributed by atoms with Crippen molar-refractivity contribution in [1.29, 1.82) is 0 Å². The maximum Gasteiger partial charge on any atom is 0.223 e. The SMILES string of the molecule is CCN(CCCNC(=O)C1CCC(NS(=O)(=O)C(C)(C)C)CC1)CCCc1ccc(-c2ccccn2)cc1. The summed E-state index contributed by atoms with van der Waals surface area (Å²) in [6.45, 7) is 11.0. The predicted molar refractivity (Wildman–Crippen MR) is 155 cm³/mol. The molecule has 0 spiro atoms. The van der Waals surface area contributed by atoms with Crippen molar-refractivity contribution in [2.75, 3.05) is 26.2 Å². The smallest absolute Gasteiger partial charge is 0.223 e. The Labute approximate surface area is 229 Å². The molecule has 7 nitrogen and oxygen atoms in total. The Morgan fingerprint density at radius 2 is 1.68 bits per heavy atom. The molecule has 8 heteroatoms. The number of carbonyl (C=O) groups is 1. The largest absolute Gasteiger partial charge is 0.356 e. The number of aromatic nitrogens is 1. The van der Waals surface area contributed by atoms with E-state index < -0.39 is 14.8 Å². The van der Waals surface area contributed by atoms with E-state index in [1.54, 1.807) is 20.8 Å². The molecule has 2 N–H and O–H groups in total. The number of hydrogen-bond acceptors (Lipinski definition) is 5. The molecule has 0 bridgehead atoms. The van der Waals surface area contributed by atoms with Crippen LogP contribution in [0.25, 0.3) is 11.3 Å². The van der Waals surface area contributed by atoms with Gasteiger partial charge < -0.3 is 10.2 Å². The van der Waals surface area contributed by atoms with E-state index in [0.29, 0.717) is 19.4 Å². The van der Waals surface area contributed by atoms with Crippen LogP contribution < -0.4 is 10.0 Å². The van der Waals surface area contributed by atoms with Gasteiger partial charge in [0, 0.05) is 30.3 Å². The highest BCUT2D eigenvalue weighted by Crippen LogP contribution is 2.26. The number of nitrogens with zero attached hydrogens (tertiary/aromatic N) is 2. The number of hydrogen-bond donors (Lipinski definition) is 2. The van der Waals surface area contributed by atoms with Crippen LogP contribution in [0.15, 0.2) is 48.7 Å². The lowest BCUT2D eigenvalue weighted by molar-refractivity contribution is -0.126. The molecule has 0 radical (unpaired) electrons. The highest BCUT2D eigenvalue weighted by molar-refractivity contribution is 7.90. The van der Waals surface area contributed by atoms with Crippen molar-refractivity contribution in [3.63, 3.8) is 0 Å². The molecular formula is C30H46N4O3S. The second-order valence-electron chi connectivity index (χ2n) is 11.4. The van der Waals surface area contributed by atoms with E-state index in [1.807, 2.05) is 24.4 Å². The first kappa shape index (κ1) is 30.3. The van der Waals surface area contributed by atoms with Crippen LogP contribution >= 0.6 is 0 Å². The van der Waals surface area contributed by atoms with Gasteiger partial charge in [-0.3, -0.25) is 9.78 Å². The van der Waals surface area contributed by atoms with Crippen LogP contribution in [-0.4, -0.2) is 61.2 Å². The summed E-state index contributed by atoms with van der Waals surface area (Å²) in [4.78, 5) is 19.5. The van der Waals surface area contributed by atoms with Crippen molar-refractivity contribution in [2.24, 2.45) is 5.92 Å². The summed E-state index contributed by atoms with van der Waals surface area (Å²) >= 11 is 0. The molecule has 210 valence electrons. The summed E-state index contributed by atoms with van der Waals surface area (Å²) in [6.07, 6.45) is 7.78. The zero-order valence-corrected chi connectivity index (χ0v) is 24.4. The van der Waals surface area contributed by atoms with E-state index in [9.17, 15) is 13.2 Å². The fraction of sp³-hybridized carbons (Fsp3) is 0.600. The third-order valence-corrected chi connectivity index (χ3v) is 9.73. The maximum atomic E-state index is 12.6. The molecule has 3 rings (SSSR count). The van der Waals surface area contributed by atoms with E-state index in [-0.39, 0.29) is 17.9 Å². The van der Waals surface area contributed by atoms with Gasteiger partial charge in [-0.05, 0) is 103 Å². The van der Waals surface area contributed by atoms with Gasteiger partial charge in [-0.2, -0.15) is 0 Å². The summed E-state index contributed by atoms with van der Waals surface area (Å²) in [5.41, 5.74) is 3.48. The zero-order valence-electron chi connectivity index (χ0n) is 23.6. The van der Waals surface area contributed by atoms with Crippen molar-refractivity contribution < 1.29 is 13.2 Å². The molecule has 1 amide bonds. The highest BCUT2D eigenvalue weighted by atomic mass is 32.2. The molecule has 1 aliphatic rings. The predicted octanol–water partition coefficient (Wildman–Crippen LogP) is 4.79. The standard InChI is InChI=1S/C30H46N4O3S/c1-5-34(22-8-10-24-12-14-25(15-13-24)28-11-6-7-20-31-28)23-9-21-32-29(35)26-16-18-27(19-17-26)33-38(36,37)30(2,3)4/h6-7,11-15,20,26-27,33H,5,8-10,16-19,21-23H2,1-4H3,(H,32,35). The summed E-state index contributed by atoms with van der Waals surface area (Å²) in [6, 6.07) is 14.6. The molecule has 38 heavy (non-hydrogen) atoms. The van der Waals surface area contributed by atoms with E-state index in [0.717, 1.165) is 63.0 Å². The molecule has 0 saturated heterocycles. The van der Waals surface area contributed by atoms with Gasteiger partial charge in [0.05, 0.1) is 10.4 Å². The summed E-state index contributed by atoms with van der Waals surface area (Å²) < 4.78 is 26.8. The van der Waals surface area contributed by atoms with E-state index in [4.69, 9.17) is 0 Å². The third-order valence-electron chi connectivity index (χ3n) is 7.48. The lowest BCUT2D eigenvalue weighted by atomic mass is 9.86. The first-order chi connectivity index (χ1) is 18.1. The minimum atomic E-state index is -3.36. The third kappa shape index (κ3) is 9.17. The number of sulfonamides is 1. The highest BCUT2D eigenvalue weighted by Gasteiger charge is 2.34. The van der Waals surface area contributed by atoms with Gasteiger partial charge in [0.15, 0.2) is 0 Å². The Bertz CT molecular complexity index is 1090. The summed E-state index contributed by atoms with van der Waals surface area (Å²) in [7, 11) is -3.36. The fourth-order valence-corrected chi connectivity index (χ4v) is 5.87. The Morgan fingerprint density at radius 3 is 2.29 bits per heavy atom.